The molecule has 0 atom stereocenters. The summed E-state index contributed by atoms with van der Waals surface area (Å²) in [5, 5.41) is 20.2. The Hall–Kier alpha value is -11.1. The predicted octanol–water partition coefficient (Wildman–Crippen LogP) is 17.8. The summed E-state index contributed by atoms with van der Waals surface area (Å²) in [6.07, 6.45) is 0. The van der Waals surface area contributed by atoms with Gasteiger partial charge in [0, 0.05) is 87.8 Å². The smallest absolute Gasteiger partial charge is 0.253 e. The third-order valence-electron chi connectivity index (χ3n) is 19.6. The highest BCUT2D eigenvalue weighted by atomic mass is 15.1. The zero-order valence-corrected chi connectivity index (χ0v) is 45.2. The SMILES string of the molecule is c1cc2c3c(c1)-n1c4ccc(-n5c6ccccc6c6ccccc65)cc4c4cc5c6ccccc6c6ccccc6c5c(c41)B3c1cc(-n3c4ccccc4c4ccccc43)cc3c4cc(-n5c6ccccc6c6ccccc65)ccc4n-2c13. The Bertz CT molecular complexity index is 6100. The van der Waals surface area contributed by atoms with E-state index in [2.05, 4.69) is 290 Å². The fourth-order valence-electron chi connectivity index (χ4n) is 16.4. The van der Waals surface area contributed by atoms with Gasteiger partial charge in [-0.3, -0.25) is 0 Å². The molecule has 0 saturated carbocycles. The third kappa shape index (κ3) is 5.25. The van der Waals surface area contributed by atoms with Crippen molar-refractivity contribution >= 4 is 164 Å². The molecule has 19 aromatic rings. The van der Waals surface area contributed by atoms with E-state index in [1.807, 2.05) is 0 Å². The second-order valence-electron chi connectivity index (χ2n) is 23.5. The van der Waals surface area contributed by atoms with Gasteiger partial charge in [0.05, 0.1) is 49.7 Å². The molecule has 0 fully saturated rings. The molecule has 0 radical (unpaired) electrons. The fourth-order valence-corrected chi connectivity index (χ4v) is 16.4. The summed E-state index contributed by atoms with van der Waals surface area (Å²) < 4.78 is 12.8. The number of hydrogen-bond acceptors (Lipinski definition) is 0. The molecule has 0 amide bonds. The van der Waals surface area contributed by atoms with Crippen LogP contribution in [0.2, 0.25) is 0 Å². The van der Waals surface area contributed by atoms with E-state index in [4.69, 9.17) is 0 Å². The van der Waals surface area contributed by atoms with Crippen molar-refractivity contribution in [1.82, 2.24) is 22.8 Å². The van der Waals surface area contributed by atoms with E-state index in [1.54, 1.807) is 0 Å². The highest BCUT2D eigenvalue weighted by Crippen LogP contribution is 2.46. The van der Waals surface area contributed by atoms with Crippen molar-refractivity contribution in [3.63, 3.8) is 0 Å². The molecule has 0 spiro atoms. The van der Waals surface area contributed by atoms with Gasteiger partial charge in [-0.15, -0.1) is 0 Å². The van der Waals surface area contributed by atoms with Crippen molar-refractivity contribution in [3.8, 4) is 28.4 Å². The van der Waals surface area contributed by atoms with Crippen LogP contribution < -0.4 is 16.4 Å². The lowest BCUT2D eigenvalue weighted by molar-refractivity contribution is 1.14. The van der Waals surface area contributed by atoms with E-state index in [0.717, 1.165) is 17.1 Å². The fraction of sp³-hybridized carbons (Fsp3) is 0. The molecular weight excluding hydrogens is 1020 g/mol. The predicted molar refractivity (Wildman–Crippen MR) is 355 cm³/mol. The summed E-state index contributed by atoms with van der Waals surface area (Å²) in [5.41, 5.74) is 22.1. The topological polar surface area (TPSA) is 24.6 Å². The number of nitrogens with zero attached hydrogens (tertiary/aromatic N) is 5. The van der Waals surface area contributed by atoms with Crippen LogP contribution in [0.25, 0.3) is 170 Å². The van der Waals surface area contributed by atoms with Gasteiger partial charge >= 0.3 is 0 Å². The van der Waals surface area contributed by atoms with Gasteiger partial charge in [-0.1, -0.05) is 164 Å². The zero-order valence-electron chi connectivity index (χ0n) is 45.2. The standard InChI is InChI=1S/C78H44BN5/c1-2-20-50-48(18-1)49-19-3-4-27-57(49)74-60(50)44-62-59-41-46(81-66-30-13-7-23-53(66)54-24-8-14-31-67(54)81)37-39-71(59)84-73-35-17-34-72-75(73)79(76(74)78(62)84)63-43-47(82-68-32-15-9-25-55(68)56-26-10-16-33-69(56)82)42-61-58-40-45(36-38-70(58)83(72)77(61)63)80-64-28-11-5-21-51(64)52-22-6-12-29-65(52)80/h1-44H. The van der Waals surface area contributed by atoms with Crippen LogP contribution in [-0.2, 0) is 0 Å². The van der Waals surface area contributed by atoms with Crippen LogP contribution in [0.3, 0.4) is 0 Å². The van der Waals surface area contributed by atoms with E-state index >= 15 is 0 Å². The van der Waals surface area contributed by atoms with Crippen LogP contribution in [0.1, 0.15) is 0 Å². The number of aromatic nitrogens is 5. The highest BCUT2D eigenvalue weighted by molar-refractivity contribution is 7.02. The molecule has 0 aliphatic carbocycles. The van der Waals surface area contributed by atoms with Crippen LogP contribution >= 0.6 is 0 Å². The molecule has 7 heterocycles. The van der Waals surface area contributed by atoms with E-state index in [0.29, 0.717) is 0 Å². The summed E-state index contributed by atoms with van der Waals surface area (Å²) in [5.74, 6) is 0. The number of para-hydroxylation sites is 6. The van der Waals surface area contributed by atoms with Gasteiger partial charge < -0.3 is 22.8 Å². The molecule has 14 aromatic carbocycles. The number of benzene rings is 14. The first-order valence-electron chi connectivity index (χ1n) is 29.3. The van der Waals surface area contributed by atoms with Crippen molar-refractivity contribution in [2.75, 3.05) is 0 Å². The highest BCUT2D eigenvalue weighted by Gasteiger charge is 2.43. The van der Waals surface area contributed by atoms with Crippen molar-refractivity contribution in [2.45, 2.75) is 0 Å². The maximum atomic E-state index is 2.65. The van der Waals surface area contributed by atoms with Gasteiger partial charge in [0.2, 0.25) is 0 Å². The molecule has 2 aliphatic rings. The Morgan fingerprint density at radius 3 is 1.01 bits per heavy atom. The van der Waals surface area contributed by atoms with Gasteiger partial charge in [-0.2, -0.15) is 0 Å². The molecule has 2 aliphatic heterocycles. The number of fused-ring (bicyclic) bond motifs is 26. The van der Waals surface area contributed by atoms with Crippen LogP contribution in [-0.4, -0.2) is 29.5 Å². The van der Waals surface area contributed by atoms with Gasteiger partial charge in [0.1, 0.15) is 0 Å². The zero-order chi connectivity index (χ0) is 54.2. The molecule has 0 saturated heterocycles. The average molecular weight is 1060 g/mol. The van der Waals surface area contributed by atoms with Gasteiger partial charge in [-0.05, 0) is 152 Å². The molecule has 0 N–H and O–H groups in total. The Kier molecular flexibility index (Phi) is 8.05. The summed E-state index contributed by atoms with van der Waals surface area (Å²) in [7, 11) is 0. The quantitative estimate of drug-likeness (QED) is 0.124. The monoisotopic (exact) mass is 1060 g/mol. The van der Waals surface area contributed by atoms with Crippen LogP contribution in [0.4, 0.5) is 0 Å². The minimum absolute atomic E-state index is 0.148. The first-order valence-corrected chi connectivity index (χ1v) is 29.3. The molecule has 384 valence electrons. The largest absolute Gasteiger partial charge is 0.310 e. The second-order valence-corrected chi connectivity index (χ2v) is 23.5. The van der Waals surface area contributed by atoms with Crippen molar-refractivity contribution < 1.29 is 0 Å². The molecule has 21 rings (SSSR count). The summed E-state index contributed by atoms with van der Waals surface area (Å²) in [4.78, 5) is 0. The summed E-state index contributed by atoms with van der Waals surface area (Å²) in [6, 6.07) is 101. The molecule has 5 aromatic heterocycles. The van der Waals surface area contributed by atoms with E-state index in [-0.39, 0.29) is 6.71 Å². The van der Waals surface area contributed by atoms with Crippen molar-refractivity contribution in [1.29, 1.82) is 0 Å². The minimum atomic E-state index is -0.148. The Labute approximate surface area is 479 Å². The third-order valence-corrected chi connectivity index (χ3v) is 19.6. The lowest BCUT2D eigenvalue weighted by atomic mass is 9.33. The first kappa shape index (κ1) is 43.7. The second kappa shape index (κ2) is 15.5. The Morgan fingerprint density at radius 1 is 0.202 bits per heavy atom. The van der Waals surface area contributed by atoms with E-state index < -0.39 is 0 Å². The lowest BCUT2D eigenvalue weighted by Gasteiger charge is -2.35. The summed E-state index contributed by atoms with van der Waals surface area (Å²) >= 11 is 0. The average Bonchev–Trinajstić information content (AvgIpc) is 1.51. The maximum Gasteiger partial charge on any atom is 0.253 e. The number of rotatable bonds is 3. The number of hydrogen-bond donors (Lipinski definition) is 0. The molecule has 5 nitrogen and oxygen atoms in total. The van der Waals surface area contributed by atoms with E-state index in [9.17, 15) is 0 Å². The van der Waals surface area contributed by atoms with E-state index in [1.165, 1.54) is 169 Å². The minimum Gasteiger partial charge on any atom is -0.310 e. The molecular formula is C78H44BN5. The first-order chi connectivity index (χ1) is 41.7. The van der Waals surface area contributed by atoms with Gasteiger partial charge in [-0.25, -0.2) is 0 Å². The molecule has 0 unspecified atom stereocenters. The normalized spacial score (nSPS) is 13.0. The Morgan fingerprint density at radius 2 is 0.548 bits per heavy atom. The maximum absolute atomic E-state index is 2.65. The van der Waals surface area contributed by atoms with Crippen LogP contribution in [0.5, 0.6) is 0 Å². The summed E-state index contributed by atoms with van der Waals surface area (Å²) in [6.45, 7) is -0.148. The van der Waals surface area contributed by atoms with Crippen LogP contribution in [0.15, 0.2) is 267 Å². The van der Waals surface area contributed by atoms with Crippen LogP contribution in [0, 0.1) is 0 Å². The Balaban J connectivity index is 0.952. The lowest BCUT2D eigenvalue weighted by Crippen LogP contribution is -2.59. The molecule has 84 heavy (non-hydrogen) atoms. The van der Waals surface area contributed by atoms with Crippen molar-refractivity contribution in [3.05, 3.63) is 267 Å². The van der Waals surface area contributed by atoms with Crippen molar-refractivity contribution in [2.24, 2.45) is 0 Å². The molecule has 0 bridgehead atoms. The van der Waals surface area contributed by atoms with Gasteiger partial charge in [0.15, 0.2) is 0 Å². The molecule has 6 heteroatoms. The van der Waals surface area contributed by atoms with Gasteiger partial charge in [0.25, 0.3) is 6.71 Å².